The predicted octanol–water partition coefficient (Wildman–Crippen LogP) is 3.24. The van der Waals surface area contributed by atoms with E-state index in [0.29, 0.717) is 12.1 Å². The molecule has 2 aliphatic carbocycles. The highest BCUT2D eigenvalue weighted by atomic mass is 16.5. The molecule has 1 aliphatic heterocycles. The summed E-state index contributed by atoms with van der Waals surface area (Å²) in [6.45, 7) is 0.390. The molecule has 2 spiro atoms. The largest absolute Gasteiger partial charge is 0.381 e. The molecule has 1 heterocycles. The summed E-state index contributed by atoms with van der Waals surface area (Å²) in [4.78, 5) is 20.7. The minimum Gasteiger partial charge on any atom is -0.381 e. The molecule has 31 heavy (non-hydrogen) atoms. The fourth-order valence-corrected chi connectivity index (χ4v) is 5.85. The normalized spacial score (nSPS) is 29.3. The van der Waals surface area contributed by atoms with Gasteiger partial charge in [-0.3, -0.25) is 9.69 Å². The van der Waals surface area contributed by atoms with E-state index in [1.165, 1.54) is 0 Å². The maximum atomic E-state index is 14.1. The highest BCUT2D eigenvalue weighted by Gasteiger charge is 2.66. The van der Waals surface area contributed by atoms with Crippen LogP contribution in [0.3, 0.4) is 0 Å². The first-order valence-electron chi connectivity index (χ1n) is 10.8. The van der Waals surface area contributed by atoms with Gasteiger partial charge in [0, 0.05) is 12.5 Å². The Balaban J connectivity index is 1.62. The summed E-state index contributed by atoms with van der Waals surface area (Å²) in [7, 11) is 1.75. The van der Waals surface area contributed by atoms with Crippen molar-refractivity contribution >= 4 is 11.9 Å². The van der Waals surface area contributed by atoms with Gasteiger partial charge in [-0.1, -0.05) is 36.4 Å². The number of benzene rings is 2. The zero-order chi connectivity index (χ0) is 21.6. The van der Waals surface area contributed by atoms with Crippen LogP contribution in [0.1, 0.15) is 47.9 Å². The number of carbonyl (C=O) groups excluding carboxylic acids is 1. The number of aliphatic imine (C=N–C) groups is 1. The minimum atomic E-state index is -1.06. The molecule has 1 amide bonds. The maximum absolute atomic E-state index is 14.1. The summed E-state index contributed by atoms with van der Waals surface area (Å²) in [6, 6.07) is 17.7. The molecule has 0 saturated heterocycles. The minimum absolute atomic E-state index is 0.0708. The standard InChI is InChI=1S/C25H26N4O2/c1-31-20-9-11-24(12-10-20)14-19-8-7-18(15-26)13-21(19)25(24)22(30)29(23(27)28-25)16-17-5-3-2-4-6-17/h2-8,13,20H,9-12,14,16H2,1H3,(H2,27,28). The van der Waals surface area contributed by atoms with E-state index >= 15 is 0 Å². The van der Waals surface area contributed by atoms with Gasteiger partial charge >= 0.3 is 0 Å². The van der Waals surface area contributed by atoms with Crippen molar-refractivity contribution in [2.24, 2.45) is 16.1 Å². The molecular weight excluding hydrogens is 388 g/mol. The lowest BCUT2D eigenvalue weighted by molar-refractivity contribution is -0.138. The molecule has 0 bridgehead atoms. The second-order valence-corrected chi connectivity index (χ2v) is 8.93. The number of fused-ring (bicyclic) bond motifs is 3. The molecule has 2 N–H and O–H groups in total. The van der Waals surface area contributed by atoms with Gasteiger partial charge in [0.2, 0.25) is 0 Å². The first-order chi connectivity index (χ1) is 15.0. The predicted molar refractivity (Wildman–Crippen MR) is 117 cm³/mol. The van der Waals surface area contributed by atoms with E-state index in [9.17, 15) is 10.1 Å². The lowest BCUT2D eigenvalue weighted by Crippen LogP contribution is -2.52. The summed E-state index contributed by atoms with van der Waals surface area (Å²) < 4.78 is 5.61. The van der Waals surface area contributed by atoms with Crippen LogP contribution >= 0.6 is 0 Å². The molecule has 3 aliphatic rings. The first-order valence-corrected chi connectivity index (χ1v) is 10.8. The highest BCUT2D eigenvalue weighted by molar-refractivity contribution is 6.08. The lowest BCUT2D eigenvalue weighted by Gasteiger charge is -2.45. The van der Waals surface area contributed by atoms with Crippen LogP contribution in [0.15, 0.2) is 53.5 Å². The average molecular weight is 415 g/mol. The lowest BCUT2D eigenvalue weighted by atomic mass is 9.61. The van der Waals surface area contributed by atoms with E-state index in [1.54, 1.807) is 12.0 Å². The van der Waals surface area contributed by atoms with E-state index in [-0.39, 0.29) is 23.4 Å². The van der Waals surface area contributed by atoms with Crippen LogP contribution in [0.25, 0.3) is 0 Å². The summed E-state index contributed by atoms with van der Waals surface area (Å²) in [5, 5.41) is 9.51. The smallest absolute Gasteiger partial charge is 0.262 e. The first kappa shape index (κ1) is 19.8. The average Bonchev–Trinajstić information content (AvgIpc) is 3.21. The van der Waals surface area contributed by atoms with Crippen LogP contribution in [0.5, 0.6) is 0 Å². The SMILES string of the molecule is COC1CCC2(CC1)Cc1ccc(C#N)cc1C21N=C(N)N(Cc2ccccc2)C1=O. The van der Waals surface area contributed by atoms with Crippen molar-refractivity contribution in [1.82, 2.24) is 4.90 Å². The van der Waals surface area contributed by atoms with Crippen LogP contribution in [-0.4, -0.2) is 30.0 Å². The Labute approximate surface area is 182 Å². The van der Waals surface area contributed by atoms with E-state index in [2.05, 4.69) is 6.07 Å². The number of carbonyl (C=O) groups is 1. The van der Waals surface area contributed by atoms with Crippen LogP contribution in [0.2, 0.25) is 0 Å². The summed E-state index contributed by atoms with van der Waals surface area (Å²) in [6.07, 6.45) is 4.43. The maximum Gasteiger partial charge on any atom is 0.262 e. The molecule has 0 radical (unpaired) electrons. The Morgan fingerprint density at radius 2 is 1.97 bits per heavy atom. The molecular formula is C25H26N4O2. The molecule has 0 aromatic heterocycles. The second kappa shape index (κ2) is 7.21. The Morgan fingerprint density at radius 3 is 2.65 bits per heavy atom. The Hall–Kier alpha value is -3.17. The van der Waals surface area contributed by atoms with Gasteiger partial charge in [-0.25, -0.2) is 4.99 Å². The Morgan fingerprint density at radius 1 is 1.23 bits per heavy atom. The van der Waals surface area contributed by atoms with Gasteiger partial charge in [0.15, 0.2) is 11.5 Å². The van der Waals surface area contributed by atoms with Crippen molar-refractivity contribution < 1.29 is 9.53 Å². The zero-order valence-electron chi connectivity index (χ0n) is 17.7. The number of ether oxygens (including phenoxy) is 1. The van der Waals surface area contributed by atoms with E-state index in [0.717, 1.165) is 48.8 Å². The molecule has 2 aromatic carbocycles. The number of nitrogens with zero attached hydrogens (tertiary/aromatic N) is 3. The highest BCUT2D eigenvalue weighted by Crippen LogP contribution is 2.62. The van der Waals surface area contributed by atoms with Crippen molar-refractivity contribution in [2.45, 2.75) is 50.3 Å². The topological polar surface area (TPSA) is 91.7 Å². The summed E-state index contributed by atoms with van der Waals surface area (Å²) in [5.74, 6) is 0.191. The fraction of sp³-hybridized carbons (Fsp3) is 0.400. The number of nitrogens with two attached hydrogens (primary N) is 1. The van der Waals surface area contributed by atoms with Crippen LogP contribution in [-0.2, 0) is 28.0 Å². The quantitative estimate of drug-likeness (QED) is 0.835. The Bertz CT molecular complexity index is 1100. The van der Waals surface area contributed by atoms with Crippen LogP contribution in [0.4, 0.5) is 0 Å². The molecule has 1 saturated carbocycles. The van der Waals surface area contributed by atoms with Gasteiger partial charge in [0.25, 0.3) is 5.91 Å². The number of rotatable bonds is 3. The number of guanidine groups is 1. The van der Waals surface area contributed by atoms with Gasteiger partial charge in [-0.05, 0) is 60.9 Å². The number of hydrogen-bond donors (Lipinski definition) is 1. The summed E-state index contributed by atoms with van der Waals surface area (Å²) >= 11 is 0. The van der Waals surface area contributed by atoms with E-state index in [4.69, 9.17) is 15.5 Å². The number of amides is 1. The van der Waals surface area contributed by atoms with Crippen LogP contribution in [0, 0.1) is 16.7 Å². The number of nitriles is 1. The van der Waals surface area contributed by atoms with Crippen molar-refractivity contribution in [3.63, 3.8) is 0 Å². The second-order valence-electron chi connectivity index (χ2n) is 8.93. The fourth-order valence-electron chi connectivity index (χ4n) is 5.85. The van der Waals surface area contributed by atoms with Crippen LogP contribution < -0.4 is 5.73 Å². The molecule has 6 heteroatoms. The van der Waals surface area contributed by atoms with Gasteiger partial charge in [0.1, 0.15) is 0 Å². The van der Waals surface area contributed by atoms with Gasteiger partial charge < -0.3 is 10.5 Å². The third-order valence-electron chi connectivity index (χ3n) is 7.45. The number of methoxy groups -OCH3 is 1. The summed E-state index contributed by atoms with van der Waals surface area (Å²) in [5.41, 5.74) is 8.51. The van der Waals surface area contributed by atoms with Gasteiger partial charge in [0.05, 0.1) is 24.3 Å². The molecule has 1 unspecified atom stereocenters. The van der Waals surface area contributed by atoms with E-state index < -0.39 is 5.54 Å². The molecule has 2 aromatic rings. The molecule has 1 atom stereocenters. The van der Waals surface area contributed by atoms with E-state index in [1.807, 2.05) is 48.5 Å². The zero-order valence-corrected chi connectivity index (χ0v) is 17.7. The number of hydrogen-bond acceptors (Lipinski definition) is 5. The molecule has 158 valence electrons. The van der Waals surface area contributed by atoms with Crippen molar-refractivity contribution in [1.29, 1.82) is 5.26 Å². The Kier molecular flexibility index (Phi) is 4.60. The molecule has 6 nitrogen and oxygen atoms in total. The third-order valence-corrected chi connectivity index (χ3v) is 7.45. The molecule has 5 rings (SSSR count). The monoisotopic (exact) mass is 414 g/mol. The molecule has 1 fully saturated rings. The van der Waals surface area contributed by atoms with Gasteiger partial charge in [-0.2, -0.15) is 5.26 Å². The van der Waals surface area contributed by atoms with Crippen molar-refractivity contribution in [2.75, 3.05) is 7.11 Å². The third kappa shape index (κ3) is 2.80. The van der Waals surface area contributed by atoms with Crippen molar-refractivity contribution in [3.05, 3.63) is 70.8 Å². The van der Waals surface area contributed by atoms with Gasteiger partial charge in [-0.15, -0.1) is 0 Å². The van der Waals surface area contributed by atoms with Crippen molar-refractivity contribution in [3.8, 4) is 6.07 Å².